The second-order valence-corrected chi connectivity index (χ2v) is 8.11. The lowest BCUT2D eigenvalue weighted by Crippen LogP contribution is -2.70. The molecule has 3 rings (SSSR count). The zero-order valence-electron chi connectivity index (χ0n) is 14.6. The number of nitrogens with one attached hydrogen (secondary N) is 3. The van der Waals surface area contributed by atoms with Gasteiger partial charge >= 0.3 is 6.09 Å². The van der Waals surface area contributed by atoms with E-state index in [0.717, 1.165) is 32.7 Å². The molecule has 3 fully saturated rings. The Hall–Kier alpha value is -0.850. The predicted molar refractivity (Wildman–Crippen MR) is 88.4 cm³/mol. The first-order valence-electron chi connectivity index (χ1n) is 8.99. The molecular weight excluding hydrogens is 294 g/mol. The lowest BCUT2D eigenvalue weighted by atomic mass is 9.71. The van der Waals surface area contributed by atoms with Crippen molar-refractivity contribution in [2.24, 2.45) is 11.8 Å². The van der Waals surface area contributed by atoms with Crippen molar-refractivity contribution in [3.8, 4) is 0 Å². The van der Waals surface area contributed by atoms with Crippen LogP contribution in [-0.2, 0) is 9.47 Å². The monoisotopic (exact) mass is 325 g/mol. The highest BCUT2D eigenvalue weighted by Gasteiger charge is 2.54. The van der Waals surface area contributed by atoms with Crippen molar-refractivity contribution >= 4 is 6.09 Å². The van der Waals surface area contributed by atoms with Crippen molar-refractivity contribution in [3.63, 3.8) is 0 Å². The summed E-state index contributed by atoms with van der Waals surface area (Å²) in [5, 5.41) is 10.2. The molecule has 0 aromatic rings. The number of rotatable bonds is 4. The zero-order chi connectivity index (χ0) is 16.4. The van der Waals surface area contributed by atoms with Crippen LogP contribution in [0.4, 0.5) is 4.79 Å². The maximum atomic E-state index is 12.1. The van der Waals surface area contributed by atoms with E-state index in [-0.39, 0.29) is 24.3 Å². The van der Waals surface area contributed by atoms with E-state index < -0.39 is 5.60 Å². The number of amides is 1. The Kier molecular flexibility index (Phi) is 5.13. The van der Waals surface area contributed by atoms with Crippen LogP contribution in [-0.4, -0.2) is 56.1 Å². The highest BCUT2D eigenvalue weighted by atomic mass is 16.6. The second-order valence-electron chi connectivity index (χ2n) is 8.11. The summed E-state index contributed by atoms with van der Waals surface area (Å²) in [7, 11) is 0. The summed E-state index contributed by atoms with van der Waals surface area (Å²) in [4.78, 5) is 12.1. The maximum Gasteiger partial charge on any atom is 0.407 e. The van der Waals surface area contributed by atoms with Crippen LogP contribution in [0.1, 0.15) is 40.0 Å². The van der Waals surface area contributed by atoms with Crippen molar-refractivity contribution in [2.75, 3.05) is 26.2 Å². The highest BCUT2D eigenvalue weighted by Crippen LogP contribution is 2.39. The quantitative estimate of drug-likeness (QED) is 0.726. The Morgan fingerprint density at radius 2 is 2.13 bits per heavy atom. The van der Waals surface area contributed by atoms with Gasteiger partial charge in [0.05, 0.1) is 18.2 Å². The second kappa shape index (κ2) is 6.95. The minimum atomic E-state index is -0.462. The molecule has 0 aromatic heterocycles. The number of piperidine rings is 1. The summed E-state index contributed by atoms with van der Waals surface area (Å²) in [6.45, 7) is 9.67. The van der Waals surface area contributed by atoms with Gasteiger partial charge in [0.2, 0.25) is 0 Å². The first-order chi connectivity index (χ1) is 10.9. The van der Waals surface area contributed by atoms with E-state index in [0.29, 0.717) is 11.8 Å². The van der Waals surface area contributed by atoms with Gasteiger partial charge < -0.3 is 25.4 Å². The highest BCUT2D eigenvalue weighted by molar-refractivity contribution is 5.68. The summed E-state index contributed by atoms with van der Waals surface area (Å²) in [6.07, 6.45) is 3.46. The molecule has 5 unspecified atom stereocenters. The summed E-state index contributed by atoms with van der Waals surface area (Å²) in [5.41, 5.74) is -0.462. The van der Waals surface area contributed by atoms with Crippen molar-refractivity contribution in [1.82, 2.24) is 16.0 Å². The van der Waals surface area contributed by atoms with Crippen molar-refractivity contribution in [1.29, 1.82) is 0 Å². The van der Waals surface area contributed by atoms with Crippen molar-refractivity contribution < 1.29 is 14.3 Å². The number of ether oxygens (including phenoxy) is 2. The molecule has 1 aliphatic carbocycles. The molecule has 1 amide bonds. The van der Waals surface area contributed by atoms with Gasteiger partial charge in [0, 0.05) is 12.5 Å². The Bertz CT molecular complexity index is 418. The molecule has 0 radical (unpaired) electrons. The van der Waals surface area contributed by atoms with Gasteiger partial charge in [-0.1, -0.05) is 0 Å². The van der Waals surface area contributed by atoms with Gasteiger partial charge in [-0.3, -0.25) is 0 Å². The van der Waals surface area contributed by atoms with E-state index in [1.165, 1.54) is 12.8 Å². The lowest BCUT2D eigenvalue weighted by Gasteiger charge is -2.48. The molecule has 0 bridgehead atoms. The molecule has 3 aliphatic rings. The van der Waals surface area contributed by atoms with E-state index in [1.54, 1.807) is 0 Å². The van der Waals surface area contributed by atoms with Gasteiger partial charge in [-0.15, -0.1) is 0 Å². The number of hydrogen-bond acceptors (Lipinski definition) is 5. The summed E-state index contributed by atoms with van der Waals surface area (Å²) in [6, 6.07) is 0.325. The van der Waals surface area contributed by atoms with Gasteiger partial charge in [-0.25, -0.2) is 4.79 Å². The predicted octanol–water partition coefficient (Wildman–Crippen LogP) is 1.26. The molecule has 1 saturated carbocycles. The van der Waals surface area contributed by atoms with Gasteiger partial charge in [0.1, 0.15) is 5.60 Å². The molecule has 6 nitrogen and oxygen atoms in total. The zero-order valence-corrected chi connectivity index (χ0v) is 14.6. The van der Waals surface area contributed by atoms with Crippen LogP contribution in [0.2, 0.25) is 0 Å². The van der Waals surface area contributed by atoms with Crippen LogP contribution in [0.3, 0.4) is 0 Å². The number of alkyl carbamates (subject to hydrolysis) is 1. The average molecular weight is 325 g/mol. The smallest absolute Gasteiger partial charge is 0.407 e. The molecule has 2 saturated heterocycles. The minimum absolute atomic E-state index is 0.119. The van der Waals surface area contributed by atoms with Crippen LogP contribution >= 0.6 is 0 Å². The molecule has 0 aromatic carbocycles. The lowest BCUT2D eigenvalue weighted by molar-refractivity contribution is -0.0350. The third-order valence-corrected chi connectivity index (χ3v) is 5.11. The van der Waals surface area contributed by atoms with E-state index in [9.17, 15) is 4.79 Å². The first-order valence-corrected chi connectivity index (χ1v) is 8.99. The maximum absolute atomic E-state index is 12.1. The number of carbonyl (C=O) groups is 1. The molecule has 2 heterocycles. The largest absolute Gasteiger partial charge is 0.444 e. The van der Waals surface area contributed by atoms with Crippen LogP contribution in [0.5, 0.6) is 0 Å². The first kappa shape index (κ1) is 17.0. The molecule has 132 valence electrons. The van der Waals surface area contributed by atoms with E-state index in [1.807, 2.05) is 20.8 Å². The average Bonchev–Trinajstić information content (AvgIpc) is 2.89. The van der Waals surface area contributed by atoms with Gasteiger partial charge in [-0.2, -0.15) is 0 Å². The molecule has 6 heteroatoms. The van der Waals surface area contributed by atoms with Gasteiger partial charge in [0.15, 0.2) is 0 Å². The summed E-state index contributed by atoms with van der Waals surface area (Å²) < 4.78 is 11.3. The Morgan fingerprint density at radius 1 is 1.30 bits per heavy atom. The van der Waals surface area contributed by atoms with Gasteiger partial charge in [0.25, 0.3) is 0 Å². The third-order valence-electron chi connectivity index (χ3n) is 5.11. The number of hydrogen-bond donors (Lipinski definition) is 3. The fourth-order valence-electron chi connectivity index (χ4n) is 3.99. The van der Waals surface area contributed by atoms with Gasteiger partial charge in [-0.05, 0) is 65.6 Å². The molecule has 2 aliphatic heterocycles. The van der Waals surface area contributed by atoms with E-state index >= 15 is 0 Å². The normalized spacial score (nSPS) is 36.9. The van der Waals surface area contributed by atoms with Crippen molar-refractivity contribution in [2.45, 2.75) is 63.8 Å². The summed E-state index contributed by atoms with van der Waals surface area (Å²) >= 11 is 0. The standard InChI is InChI=1S/C17H31N3O3/c1-17(2,3)23-16(21)20-13-12-6-8-22-15(12)14(13)19-10-11-5-4-7-18-9-11/h11-15,18-19H,4-10H2,1-3H3,(H,20,21). The number of fused-ring (bicyclic) bond motifs is 1. The topological polar surface area (TPSA) is 71.6 Å². The third kappa shape index (κ3) is 4.17. The fourth-order valence-corrected chi connectivity index (χ4v) is 3.99. The van der Waals surface area contributed by atoms with Crippen LogP contribution in [0, 0.1) is 11.8 Å². The van der Waals surface area contributed by atoms with E-state index in [4.69, 9.17) is 9.47 Å². The minimum Gasteiger partial charge on any atom is -0.444 e. The van der Waals surface area contributed by atoms with E-state index in [2.05, 4.69) is 16.0 Å². The molecular formula is C17H31N3O3. The van der Waals surface area contributed by atoms with Crippen LogP contribution in [0.15, 0.2) is 0 Å². The summed E-state index contributed by atoms with van der Waals surface area (Å²) in [5.74, 6) is 1.09. The molecule has 3 N–H and O–H groups in total. The number of carbonyl (C=O) groups excluding carboxylic acids is 1. The molecule has 0 spiro atoms. The van der Waals surface area contributed by atoms with Crippen LogP contribution in [0.25, 0.3) is 0 Å². The molecule has 23 heavy (non-hydrogen) atoms. The van der Waals surface area contributed by atoms with Crippen molar-refractivity contribution in [3.05, 3.63) is 0 Å². The molecule has 5 atom stereocenters. The Balaban J connectivity index is 1.51. The van der Waals surface area contributed by atoms with Crippen LogP contribution < -0.4 is 16.0 Å². The fraction of sp³-hybridized carbons (Fsp3) is 0.941. The Labute approximate surface area is 139 Å². The Morgan fingerprint density at radius 3 is 2.83 bits per heavy atom. The SMILES string of the molecule is CC(C)(C)OC(=O)NC1C2CCOC2C1NCC1CCCNC1.